The summed E-state index contributed by atoms with van der Waals surface area (Å²) in [5.41, 5.74) is 1.11. The van der Waals surface area contributed by atoms with E-state index in [1.54, 1.807) is 11.3 Å². The molecule has 0 spiro atoms. The van der Waals surface area contributed by atoms with Crippen LogP contribution in [0.1, 0.15) is 23.4 Å². The Morgan fingerprint density at radius 3 is 3.06 bits per heavy atom. The number of nitrogens with zero attached hydrogens (tertiary/aromatic N) is 2. The third-order valence-corrected chi connectivity index (χ3v) is 4.02. The summed E-state index contributed by atoms with van der Waals surface area (Å²) >= 11 is 7.53. The van der Waals surface area contributed by atoms with Crippen LogP contribution in [0, 0.1) is 0 Å². The third-order valence-electron chi connectivity index (χ3n) is 2.80. The fraction of sp³-hybridized carbons (Fsp3) is 0.417. The Morgan fingerprint density at radius 1 is 1.47 bits per heavy atom. The molecule has 0 bridgehead atoms. The van der Waals surface area contributed by atoms with Gasteiger partial charge in [0.25, 0.3) is 0 Å². The highest BCUT2D eigenvalue weighted by Crippen LogP contribution is 2.22. The van der Waals surface area contributed by atoms with Crippen LogP contribution in [0.2, 0.25) is 4.34 Å². The zero-order valence-corrected chi connectivity index (χ0v) is 11.0. The summed E-state index contributed by atoms with van der Waals surface area (Å²) in [6.07, 6.45) is 6.61. The van der Waals surface area contributed by atoms with Crippen LogP contribution in [0.5, 0.6) is 0 Å². The Balaban J connectivity index is 1.59. The monoisotopic (exact) mass is 267 g/mol. The van der Waals surface area contributed by atoms with E-state index in [1.165, 1.54) is 17.7 Å². The van der Waals surface area contributed by atoms with Gasteiger partial charge in [-0.15, -0.1) is 11.3 Å². The molecule has 2 heterocycles. The van der Waals surface area contributed by atoms with Crippen LogP contribution >= 0.6 is 22.9 Å². The molecule has 1 fully saturated rings. The van der Waals surface area contributed by atoms with Gasteiger partial charge in [-0.2, -0.15) is 0 Å². The number of hydrogen-bond donors (Lipinski definition) is 1. The van der Waals surface area contributed by atoms with Gasteiger partial charge in [0.05, 0.1) is 22.9 Å². The van der Waals surface area contributed by atoms with Gasteiger partial charge in [0.1, 0.15) is 0 Å². The largest absolute Gasteiger partial charge is 0.332 e. The Morgan fingerprint density at radius 2 is 2.35 bits per heavy atom. The number of thiophene rings is 1. The molecule has 17 heavy (non-hydrogen) atoms. The fourth-order valence-electron chi connectivity index (χ4n) is 1.74. The van der Waals surface area contributed by atoms with Crippen molar-refractivity contribution in [3.63, 3.8) is 0 Å². The number of imidazole rings is 1. The Bertz CT molecular complexity index is 501. The summed E-state index contributed by atoms with van der Waals surface area (Å²) < 4.78 is 2.95. The molecule has 0 amide bonds. The van der Waals surface area contributed by atoms with Crippen molar-refractivity contribution in [3.05, 3.63) is 39.6 Å². The quantitative estimate of drug-likeness (QED) is 0.903. The van der Waals surface area contributed by atoms with Gasteiger partial charge in [0.15, 0.2) is 0 Å². The van der Waals surface area contributed by atoms with Crippen molar-refractivity contribution in [2.45, 2.75) is 32.0 Å². The SMILES string of the molecule is Clc1ccc(Cn2cnc(CNC3CC3)c2)s1. The first-order valence-electron chi connectivity index (χ1n) is 5.78. The Kier molecular flexibility index (Phi) is 3.18. The fourth-order valence-corrected chi connectivity index (χ4v) is 2.83. The lowest BCUT2D eigenvalue weighted by Crippen LogP contribution is -2.15. The van der Waals surface area contributed by atoms with Crippen LogP contribution in [0.3, 0.4) is 0 Å². The molecule has 0 radical (unpaired) electrons. The predicted molar refractivity (Wildman–Crippen MR) is 70.5 cm³/mol. The number of halogens is 1. The zero-order valence-electron chi connectivity index (χ0n) is 9.40. The van der Waals surface area contributed by atoms with Crippen LogP contribution < -0.4 is 5.32 Å². The van der Waals surface area contributed by atoms with E-state index in [-0.39, 0.29) is 0 Å². The van der Waals surface area contributed by atoms with Crippen LogP contribution in [-0.4, -0.2) is 15.6 Å². The van der Waals surface area contributed by atoms with Crippen molar-refractivity contribution in [1.82, 2.24) is 14.9 Å². The molecule has 5 heteroatoms. The maximum absolute atomic E-state index is 5.91. The molecule has 1 saturated carbocycles. The highest BCUT2D eigenvalue weighted by molar-refractivity contribution is 7.16. The Labute approximate surface area is 109 Å². The summed E-state index contributed by atoms with van der Waals surface area (Å²) in [4.78, 5) is 5.65. The minimum Gasteiger partial charge on any atom is -0.332 e. The van der Waals surface area contributed by atoms with E-state index >= 15 is 0 Å². The number of nitrogens with one attached hydrogen (secondary N) is 1. The maximum Gasteiger partial charge on any atom is 0.0953 e. The number of aromatic nitrogens is 2. The van der Waals surface area contributed by atoms with Gasteiger partial charge in [-0.1, -0.05) is 11.6 Å². The average molecular weight is 268 g/mol. The molecule has 3 rings (SSSR count). The average Bonchev–Trinajstić information content (AvgIpc) is 2.90. The summed E-state index contributed by atoms with van der Waals surface area (Å²) in [6, 6.07) is 4.74. The van der Waals surface area contributed by atoms with E-state index in [4.69, 9.17) is 11.6 Å². The van der Waals surface area contributed by atoms with Crippen molar-refractivity contribution < 1.29 is 0 Å². The van der Waals surface area contributed by atoms with Gasteiger partial charge in [-0.05, 0) is 25.0 Å². The lowest BCUT2D eigenvalue weighted by Gasteiger charge is -1.99. The van der Waals surface area contributed by atoms with Crippen LogP contribution in [-0.2, 0) is 13.1 Å². The standard InChI is InChI=1S/C12H14ClN3S/c13-12-4-3-11(17-12)7-16-6-10(15-8-16)5-14-9-1-2-9/h3-4,6,8-9,14H,1-2,5,7H2. The van der Waals surface area contributed by atoms with Gasteiger partial charge in [0, 0.05) is 23.7 Å². The van der Waals surface area contributed by atoms with Gasteiger partial charge >= 0.3 is 0 Å². The smallest absolute Gasteiger partial charge is 0.0953 e. The topological polar surface area (TPSA) is 29.9 Å². The van der Waals surface area contributed by atoms with E-state index in [0.717, 1.165) is 29.2 Å². The van der Waals surface area contributed by atoms with E-state index in [2.05, 4.69) is 27.1 Å². The van der Waals surface area contributed by atoms with Crippen molar-refractivity contribution in [1.29, 1.82) is 0 Å². The molecule has 0 aromatic carbocycles. The van der Waals surface area contributed by atoms with Crippen LogP contribution in [0.25, 0.3) is 0 Å². The van der Waals surface area contributed by atoms with Gasteiger partial charge in [0.2, 0.25) is 0 Å². The van der Waals surface area contributed by atoms with E-state index < -0.39 is 0 Å². The summed E-state index contributed by atoms with van der Waals surface area (Å²) in [7, 11) is 0. The molecule has 90 valence electrons. The van der Waals surface area contributed by atoms with Gasteiger partial charge < -0.3 is 9.88 Å². The molecular formula is C12H14ClN3S. The van der Waals surface area contributed by atoms with Crippen molar-refractivity contribution in [3.8, 4) is 0 Å². The predicted octanol–water partition coefficient (Wildman–Crippen LogP) is 2.90. The minimum atomic E-state index is 0.733. The molecule has 3 nitrogen and oxygen atoms in total. The first-order chi connectivity index (χ1) is 8.29. The molecule has 0 atom stereocenters. The van der Waals surface area contributed by atoms with Crippen molar-refractivity contribution in [2.24, 2.45) is 0 Å². The van der Waals surface area contributed by atoms with E-state index in [0.29, 0.717) is 0 Å². The van der Waals surface area contributed by atoms with Crippen molar-refractivity contribution in [2.75, 3.05) is 0 Å². The highest BCUT2D eigenvalue weighted by Gasteiger charge is 2.20. The van der Waals surface area contributed by atoms with Gasteiger partial charge in [-0.3, -0.25) is 0 Å². The van der Waals surface area contributed by atoms with E-state index in [1.807, 2.05) is 12.4 Å². The molecule has 0 unspecified atom stereocenters. The lowest BCUT2D eigenvalue weighted by molar-refractivity contribution is 0.676. The second kappa shape index (κ2) is 4.80. The lowest BCUT2D eigenvalue weighted by atomic mass is 10.4. The number of hydrogen-bond acceptors (Lipinski definition) is 3. The third kappa shape index (κ3) is 3.09. The molecule has 2 aromatic heterocycles. The molecule has 1 aliphatic rings. The highest BCUT2D eigenvalue weighted by atomic mass is 35.5. The number of rotatable bonds is 5. The normalized spacial score (nSPS) is 15.4. The van der Waals surface area contributed by atoms with Crippen molar-refractivity contribution >= 4 is 22.9 Å². The summed E-state index contributed by atoms with van der Waals surface area (Å²) in [6.45, 7) is 1.73. The first-order valence-corrected chi connectivity index (χ1v) is 6.97. The molecular weight excluding hydrogens is 254 g/mol. The zero-order chi connectivity index (χ0) is 11.7. The van der Waals surface area contributed by atoms with Crippen LogP contribution in [0.15, 0.2) is 24.7 Å². The summed E-state index contributed by atoms with van der Waals surface area (Å²) in [5.74, 6) is 0. The summed E-state index contributed by atoms with van der Waals surface area (Å²) in [5, 5.41) is 3.46. The molecule has 2 aromatic rings. The van der Waals surface area contributed by atoms with Gasteiger partial charge in [-0.25, -0.2) is 4.98 Å². The molecule has 1 N–H and O–H groups in total. The first kappa shape index (κ1) is 11.3. The van der Waals surface area contributed by atoms with Crippen LogP contribution in [0.4, 0.5) is 0 Å². The molecule has 1 aliphatic carbocycles. The maximum atomic E-state index is 5.91. The second-order valence-electron chi connectivity index (χ2n) is 4.40. The second-order valence-corrected chi connectivity index (χ2v) is 6.20. The molecule has 0 saturated heterocycles. The van der Waals surface area contributed by atoms with E-state index in [9.17, 15) is 0 Å². The molecule has 0 aliphatic heterocycles. The Hall–Kier alpha value is -0.840. The minimum absolute atomic E-state index is 0.733.